The highest BCUT2D eigenvalue weighted by Gasteiger charge is 2.21. The maximum absolute atomic E-state index is 2.47. The summed E-state index contributed by atoms with van der Waals surface area (Å²) in [4.78, 5) is 0. The summed E-state index contributed by atoms with van der Waals surface area (Å²) in [5.74, 6) is 0. The van der Waals surface area contributed by atoms with Crippen LogP contribution < -0.4 is 0 Å². The molecule has 0 atom stereocenters. The van der Waals surface area contributed by atoms with Crippen LogP contribution in [0.4, 0.5) is 0 Å². The summed E-state index contributed by atoms with van der Waals surface area (Å²) in [5, 5.41) is 7.69. The predicted octanol–water partition coefficient (Wildman–Crippen LogP) is 15.2. The van der Waals surface area contributed by atoms with E-state index in [0.717, 1.165) is 11.4 Å². The average Bonchev–Trinajstić information content (AvgIpc) is 3.95. The van der Waals surface area contributed by atoms with Crippen molar-refractivity contribution < 1.29 is 0 Å². The van der Waals surface area contributed by atoms with E-state index in [-0.39, 0.29) is 0 Å². The molecule has 57 heavy (non-hydrogen) atoms. The second kappa shape index (κ2) is 12.7. The van der Waals surface area contributed by atoms with Crippen molar-refractivity contribution >= 4 is 75.1 Å². The zero-order chi connectivity index (χ0) is 37.5. The molecule has 12 rings (SSSR count). The van der Waals surface area contributed by atoms with Gasteiger partial charge in [-0.15, -0.1) is 11.3 Å². The van der Waals surface area contributed by atoms with Crippen LogP contribution >= 0.6 is 11.3 Å². The van der Waals surface area contributed by atoms with Gasteiger partial charge in [-0.1, -0.05) is 158 Å². The standard InChI is InChI=1S/C54H34N2S/c1-2-11-35(12-3-1)37-25-29-40(30-26-37)55-49-19-8-5-15-47(49)52-50(55)34-33-45-43-13-4-7-18-48(43)56(53(45)52)41-31-27-38(28-32-41)36-21-23-39(24-22-36)42-16-10-17-46-44-14-6-9-20-51(44)57-54(42)46/h1-34H. The minimum absolute atomic E-state index is 1.15. The first-order chi connectivity index (χ1) is 28.3. The summed E-state index contributed by atoms with van der Waals surface area (Å²) in [5.41, 5.74) is 14.5. The van der Waals surface area contributed by atoms with E-state index < -0.39 is 0 Å². The fourth-order valence-corrected chi connectivity index (χ4v) is 10.3. The van der Waals surface area contributed by atoms with Gasteiger partial charge >= 0.3 is 0 Å². The number of aromatic nitrogens is 2. The largest absolute Gasteiger partial charge is 0.309 e. The molecule has 0 bridgehead atoms. The summed E-state index contributed by atoms with van der Waals surface area (Å²) >= 11 is 1.88. The van der Waals surface area contributed by atoms with Gasteiger partial charge < -0.3 is 9.13 Å². The van der Waals surface area contributed by atoms with Gasteiger partial charge in [0.25, 0.3) is 0 Å². The molecule has 0 unspecified atom stereocenters. The Morgan fingerprint density at radius 2 is 0.825 bits per heavy atom. The minimum atomic E-state index is 1.15. The Kier molecular flexibility index (Phi) is 7.13. The molecule has 0 amide bonds. The first kappa shape index (κ1) is 32.1. The molecule has 2 nitrogen and oxygen atoms in total. The molecule has 3 heterocycles. The molecule has 0 aliphatic carbocycles. The monoisotopic (exact) mass is 742 g/mol. The highest BCUT2D eigenvalue weighted by atomic mass is 32.1. The van der Waals surface area contributed by atoms with E-state index in [1.807, 2.05) is 11.3 Å². The molecular formula is C54H34N2S. The Bertz CT molecular complexity index is 3470. The molecule has 0 fully saturated rings. The molecule has 0 saturated carbocycles. The Labute approximate surface area is 333 Å². The van der Waals surface area contributed by atoms with Crippen molar-refractivity contribution in [1.82, 2.24) is 9.13 Å². The Hall–Kier alpha value is -7.20. The highest BCUT2D eigenvalue weighted by molar-refractivity contribution is 7.26. The van der Waals surface area contributed by atoms with Gasteiger partial charge in [0, 0.05) is 53.1 Å². The molecule has 0 spiro atoms. The van der Waals surface area contributed by atoms with E-state index in [2.05, 4.69) is 215 Å². The highest BCUT2D eigenvalue weighted by Crippen LogP contribution is 2.43. The van der Waals surface area contributed by atoms with Crippen LogP contribution in [-0.4, -0.2) is 9.13 Å². The van der Waals surface area contributed by atoms with Crippen molar-refractivity contribution in [1.29, 1.82) is 0 Å². The van der Waals surface area contributed by atoms with Crippen LogP contribution in [0.5, 0.6) is 0 Å². The first-order valence-electron chi connectivity index (χ1n) is 19.5. The van der Waals surface area contributed by atoms with Crippen LogP contribution in [0.3, 0.4) is 0 Å². The quantitative estimate of drug-likeness (QED) is 0.166. The lowest BCUT2D eigenvalue weighted by Crippen LogP contribution is -1.95. The van der Waals surface area contributed by atoms with E-state index in [1.165, 1.54) is 97.2 Å². The normalized spacial score (nSPS) is 11.9. The van der Waals surface area contributed by atoms with Crippen molar-refractivity contribution in [2.45, 2.75) is 0 Å². The molecule has 3 aromatic heterocycles. The lowest BCUT2D eigenvalue weighted by molar-refractivity contribution is 1.17. The number of thiophene rings is 1. The van der Waals surface area contributed by atoms with E-state index in [9.17, 15) is 0 Å². The van der Waals surface area contributed by atoms with Crippen molar-refractivity contribution in [2.75, 3.05) is 0 Å². The zero-order valence-electron chi connectivity index (χ0n) is 30.9. The second-order valence-electron chi connectivity index (χ2n) is 14.9. The van der Waals surface area contributed by atoms with Crippen LogP contribution in [0, 0.1) is 0 Å². The van der Waals surface area contributed by atoms with Crippen molar-refractivity contribution in [3.8, 4) is 44.8 Å². The average molecular weight is 743 g/mol. The van der Waals surface area contributed by atoms with Crippen LogP contribution in [0.15, 0.2) is 206 Å². The lowest BCUT2D eigenvalue weighted by atomic mass is 9.99. The van der Waals surface area contributed by atoms with Crippen molar-refractivity contribution in [2.24, 2.45) is 0 Å². The smallest absolute Gasteiger partial charge is 0.0641 e. The molecule has 0 aliphatic rings. The van der Waals surface area contributed by atoms with Gasteiger partial charge in [-0.3, -0.25) is 0 Å². The third-order valence-corrected chi connectivity index (χ3v) is 13.0. The molecule has 0 radical (unpaired) electrons. The van der Waals surface area contributed by atoms with Crippen LogP contribution in [-0.2, 0) is 0 Å². The zero-order valence-corrected chi connectivity index (χ0v) is 31.7. The third-order valence-electron chi connectivity index (χ3n) is 11.8. The van der Waals surface area contributed by atoms with Gasteiger partial charge in [0.1, 0.15) is 0 Å². The van der Waals surface area contributed by atoms with Crippen molar-refractivity contribution in [3.63, 3.8) is 0 Å². The third kappa shape index (κ3) is 4.96. The van der Waals surface area contributed by atoms with Crippen LogP contribution in [0.1, 0.15) is 0 Å². The molecule has 3 heteroatoms. The van der Waals surface area contributed by atoms with Gasteiger partial charge in [-0.05, 0) is 81.9 Å². The van der Waals surface area contributed by atoms with Gasteiger partial charge in [0.05, 0.1) is 22.1 Å². The number of nitrogens with zero attached hydrogens (tertiary/aromatic N) is 2. The summed E-state index contributed by atoms with van der Waals surface area (Å²) < 4.78 is 7.58. The topological polar surface area (TPSA) is 9.86 Å². The fraction of sp³-hybridized carbons (Fsp3) is 0. The Morgan fingerprint density at radius 3 is 1.54 bits per heavy atom. The molecule has 12 aromatic rings. The first-order valence-corrected chi connectivity index (χ1v) is 20.3. The number of hydrogen-bond acceptors (Lipinski definition) is 1. The maximum Gasteiger partial charge on any atom is 0.0641 e. The van der Waals surface area contributed by atoms with Crippen LogP contribution in [0.25, 0.3) is 109 Å². The van der Waals surface area contributed by atoms with Crippen LogP contribution in [0.2, 0.25) is 0 Å². The molecule has 0 saturated heterocycles. The predicted molar refractivity (Wildman–Crippen MR) is 244 cm³/mol. The summed E-state index contributed by atoms with van der Waals surface area (Å²) in [6.45, 7) is 0. The summed E-state index contributed by atoms with van der Waals surface area (Å²) in [7, 11) is 0. The molecule has 0 N–H and O–H groups in total. The molecule has 0 aliphatic heterocycles. The molecular weight excluding hydrogens is 709 g/mol. The van der Waals surface area contributed by atoms with Gasteiger partial charge in [-0.25, -0.2) is 0 Å². The summed E-state index contributed by atoms with van der Waals surface area (Å²) in [6.07, 6.45) is 0. The van der Waals surface area contributed by atoms with Gasteiger partial charge in [0.15, 0.2) is 0 Å². The number of fused-ring (bicyclic) bond motifs is 10. The molecule has 9 aromatic carbocycles. The number of para-hydroxylation sites is 2. The van der Waals surface area contributed by atoms with Crippen molar-refractivity contribution in [3.05, 3.63) is 206 Å². The Balaban J connectivity index is 0.978. The van der Waals surface area contributed by atoms with Gasteiger partial charge in [-0.2, -0.15) is 0 Å². The second-order valence-corrected chi connectivity index (χ2v) is 15.9. The lowest BCUT2D eigenvalue weighted by Gasteiger charge is -2.12. The SMILES string of the molecule is c1ccc(-c2ccc(-n3c4ccccc4c4c3ccc3c5ccccc5n(-c5ccc(-c6ccc(-c7cccc8c7sc7ccccc78)cc6)cc5)c34)cc2)cc1. The fourth-order valence-electron chi connectivity index (χ4n) is 9.11. The van der Waals surface area contributed by atoms with E-state index in [1.54, 1.807) is 0 Å². The Morgan fingerprint density at radius 1 is 0.298 bits per heavy atom. The minimum Gasteiger partial charge on any atom is -0.309 e. The summed E-state index contributed by atoms with van der Waals surface area (Å²) in [6, 6.07) is 75.5. The van der Waals surface area contributed by atoms with E-state index in [0.29, 0.717) is 0 Å². The molecule has 266 valence electrons. The number of hydrogen-bond donors (Lipinski definition) is 0. The number of rotatable bonds is 5. The number of benzene rings is 9. The maximum atomic E-state index is 2.47. The van der Waals surface area contributed by atoms with E-state index >= 15 is 0 Å². The van der Waals surface area contributed by atoms with E-state index in [4.69, 9.17) is 0 Å². The van der Waals surface area contributed by atoms with Gasteiger partial charge in [0.2, 0.25) is 0 Å².